The summed E-state index contributed by atoms with van der Waals surface area (Å²) in [7, 11) is -2.34. The topological polar surface area (TPSA) is 101 Å². The minimum Gasteiger partial charge on any atom is -0.370 e. The van der Waals surface area contributed by atoms with Crippen molar-refractivity contribution in [3.05, 3.63) is 78.4 Å². The molecule has 0 radical (unpaired) electrons. The number of carbonyl (C=O) groups is 1. The van der Waals surface area contributed by atoms with E-state index in [1.54, 1.807) is 6.07 Å². The van der Waals surface area contributed by atoms with Gasteiger partial charge in [0.05, 0.1) is 5.69 Å². The highest BCUT2D eigenvalue weighted by Gasteiger charge is 2.14. The van der Waals surface area contributed by atoms with Crippen molar-refractivity contribution in [2.24, 2.45) is 5.73 Å². The zero-order valence-corrected chi connectivity index (χ0v) is 16.9. The van der Waals surface area contributed by atoms with Crippen LogP contribution in [0.4, 0.5) is 5.69 Å². The van der Waals surface area contributed by atoms with Crippen LogP contribution in [0.1, 0.15) is 12.0 Å². The van der Waals surface area contributed by atoms with E-state index in [-0.39, 0.29) is 12.3 Å². The molecule has 0 atom stereocenters. The quantitative estimate of drug-likeness (QED) is 0.532. The highest BCUT2D eigenvalue weighted by atomic mass is 32.2. The summed E-state index contributed by atoms with van der Waals surface area (Å²) in [4.78, 5) is 11.2. The average molecular weight is 410 g/mol. The predicted octanol–water partition coefficient (Wildman–Crippen LogP) is 3.31. The molecule has 0 spiro atoms. The molecule has 0 aliphatic heterocycles. The van der Waals surface area contributed by atoms with E-state index in [1.807, 2.05) is 66.7 Å². The van der Waals surface area contributed by atoms with Gasteiger partial charge < -0.3 is 5.73 Å². The van der Waals surface area contributed by atoms with Crippen LogP contribution in [-0.4, -0.2) is 21.4 Å². The Morgan fingerprint density at radius 1 is 0.897 bits per heavy atom. The van der Waals surface area contributed by atoms with Gasteiger partial charge in [-0.05, 0) is 34.7 Å². The summed E-state index contributed by atoms with van der Waals surface area (Å²) in [5.41, 5.74) is 10.2. The maximum atomic E-state index is 12.2. The molecule has 3 rings (SSSR count). The molecule has 7 heteroatoms. The van der Waals surface area contributed by atoms with Crippen LogP contribution < -0.4 is 15.2 Å². The lowest BCUT2D eigenvalue weighted by Gasteiger charge is -2.16. The standard InChI is InChI=1S/C22H23N3O3S/c1-24-29(27,28)25-21-15-18(11-13-20(21)16-7-3-2-4-8-16)19-10-6-5-9-17(19)12-14-22(23)26/h2-11,13,15,24-25H,12,14H2,1H3,(H2,23,26). The van der Waals surface area contributed by atoms with E-state index in [0.717, 1.165) is 27.8 Å². The number of amides is 1. The summed E-state index contributed by atoms with van der Waals surface area (Å²) in [5.74, 6) is -0.360. The third-order valence-electron chi connectivity index (χ3n) is 4.59. The lowest BCUT2D eigenvalue weighted by Crippen LogP contribution is -2.26. The van der Waals surface area contributed by atoms with E-state index >= 15 is 0 Å². The molecule has 0 bridgehead atoms. The molecule has 29 heavy (non-hydrogen) atoms. The van der Waals surface area contributed by atoms with Crippen LogP contribution >= 0.6 is 0 Å². The van der Waals surface area contributed by atoms with Crippen LogP contribution in [0.25, 0.3) is 22.3 Å². The molecule has 0 aromatic heterocycles. The Morgan fingerprint density at radius 3 is 2.28 bits per heavy atom. The van der Waals surface area contributed by atoms with Crippen molar-refractivity contribution in [2.75, 3.05) is 11.8 Å². The number of nitrogens with one attached hydrogen (secondary N) is 2. The molecule has 3 aromatic rings. The zero-order valence-electron chi connectivity index (χ0n) is 16.1. The van der Waals surface area contributed by atoms with E-state index in [0.29, 0.717) is 12.1 Å². The predicted molar refractivity (Wildman–Crippen MR) is 116 cm³/mol. The number of rotatable bonds is 8. The Balaban J connectivity index is 2.10. The van der Waals surface area contributed by atoms with Crippen LogP contribution in [0.15, 0.2) is 72.8 Å². The first-order chi connectivity index (χ1) is 13.9. The van der Waals surface area contributed by atoms with Gasteiger partial charge in [0.15, 0.2) is 0 Å². The van der Waals surface area contributed by atoms with E-state index in [9.17, 15) is 13.2 Å². The maximum Gasteiger partial charge on any atom is 0.298 e. The fourth-order valence-electron chi connectivity index (χ4n) is 3.14. The molecule has 0 aliphatic carbocycles. The van der Waals surface area contributed by atoms with Crippen molar-refractivity contribution < 1.29 is 13.2 Å². The lowest BCUT2D eigenvalue weighted by molar-refractivity contribution is -0.117. The second-order valence-electron chi connectivity index (χ2n) is 6.56. The van der Waals surface area contributed by atoms with Gasteiger partial charge in [-0.2, -0.15) is 8.42 Å². The summed E-state index contributed by atoms with van der Waals surface area (Å²) < 4.78 is 29.2. The fraction of sp³-hybridized carbons (Fsp3) is 0.136. The molecular formula is C22H23N3O3S. The van der Waals surface area contributed by atoms with Crippen molar-refractivity contribution >= 4 is 21.8 Å². The smallest absolute Gasteiger partial charge is 0.298 e. The Kier molecular flexibility index (Phi) is 6.31. The van der Waals surface area contributed by atoms with Gasteiger partial charge in [0, 0.05) is 19.0 Å². The molecule has 0 unspecified atom stereocenters. The first kappa shape index (κ1) is 20.6. The van der Waals surface area contributed by atoms with Crippen molar-refractivity contribution in [2.45, 2.75) is 12.8 Å². The van der Waals surface area contributed by atoms with Crippen LogP contribution in [0.2, 0.25) is 0 Å². The van der Waals surface area contributed by atoms with Crippen LogP contribution in [-0.2, 0) is 21.4 Å². The normalized spacial score (nSPS) is 11.2. The first-order valence-electron chi connectivity index (χ1n) is 9.17. The molecule has 0 saturated heterocycles. The van der Waals surface area contributed by atoms with Crippen LogP contribution in [0, 0.1) is 0 Å². The summed E-state index contributed by atoms with van der Waals surface area (Å²) in [6, 6.07) is 22.9. The van der Waals surface area contributed by atoms with E-state index in [2.05, 4.69) is 9.44 Å². The van der Waals surface area contributed by atoms with E-state index in [4.69, 9.17) is 5.73 Å². The molecule has 0 fully saturated rings. The van der Waals surface area contributed by atoms with Crippen molar-refractivity contribution in [3.8, 4) is 22.3 Å². The second kappa shape index (κ2) is 8.89. The minimum atomic E-state index is -3.69. The molecule has 0 saturated carbocycles. The van der Waals surface area contributed by atoms with E-state index in [1.165, 1.54) is 7.05 Å². The van der Waals surface area contributed by atoms with Gasteiger partial charge in [-0.3, -0.25) is 9.52 Å². The number of carbonyl (C=O) groups excluding carboxylic acids is 1. The lowest BCUT2D eigenvalue weighted by atomic mass is 9.94. The largest absolute Gasteiger partial charge is 0.370 e. The molecule has 4 N–H and O–H groups in total. The van der Waals surface area contributed by atoms with Gasteiger partial charge in [0.2, 0.25) is 5.91 Å². The fourth-order valence-corrected chi connectivity index (χ4v) is 3.70. The molecule has 1 amide bonds. The Hall–Kier alpha value is -3.16. The summed E-state index contributed by atoms with van der Waals surface area (Å²) >= 11 is 0. The summed E-state index contributed by atoms with van der Waals surface area (Å²) in [5, 5.41) is 0. The Labute approximate surface area is 171 Å². The number of aryl methyl sites for hydroxylation is 1. The van der Waals surface area contributed by atoms with E-state index < -0.39 is 10.2 Å². The molecule has 0 heterocycles. The Morgan fingerprint density at radius 2 is 1.59 bits per heavy atom. The van der Waals surface area contributed by atoms with Crippen molar-refractivity contribution in [1.82, 2.24) is 4.72 Å². The highest BCUT2D eigenvalue weighted by molar-refractivity contribution is 7.90. The third kappa shape index (κ3) is 5.22. The van der Waals surface area contributed by atoms with Gasteiger partial charge in [0.25, 0.3) is 10.2 Å². The maximum absolute atomic E-state index is 12.2. The summed E-state index contributed by atoms with van der Waals surface area (Å²) in [6.07, 6.45) is 0.766. The zero-order chi connectivity index (χ0) is 20.9. The number of hydrogen-bond acceptors (Lipinski definition) is 3. The summed E-state index contributed by atoms with van der Waals surface area (Å²) in [6.45, 7) is 0. The minimum absolute atomic E-state index is 0.248. The van der Waals surface area contributed by atoms with Gasteiger partial charge in [-0.1, -0.05) is 66.7 Å². The second-order valence-corrected chi connectivity index (χ2v) is 8.18. The van der Waals surface area contributed by atoms with Gasteiger partial charge in [0.1, 0.15) is 0 Å². The Bertz CT molecular complexity index is 1110. The van der Waals surface area contributed by atoms with Crippen molar-refractivity contribution in [1.29, 1.82) is 0 Å². The van der Waals surface area contributed by atoms with Crippen LogP contribution in [0.3, 0.4) is 0 Å². The first-order valence-corrected chi connectivity index (χ1v) is 10.7. The molecule has 6 nitrogen and oxygen atoms in total. The number of hydrogen-bond donors (Lipinski definition) is 3. The number of primary amides is 1. The molecule has 0 aliphatic rings. The van der Waals surface area contributed by atoms with Gasteiger partial charge in [-0.15, -0.1) is 0 Å². The number of nitrogens with two attached hydrogens (primary N) is 1. The van der Waals surface area contributed by atoms with Gasteiger partial charge in [-0.25, -0.2) is 4.72 Å². The monoisotopic (exact) mass is 409 g/mol. The average Bonchev–Trinajstić information content (AvgIpc) is 2.73. The highest BCUT2D eigenvalue weighted by Crippen LogP contribution is 2.34. The molecule has 150 valence electrons. The SMILES string of the molecule is CNS(=O)(=O)Nc1cc(-c2ccccc2CCC(N)=O)ccc1-c1ccccc1. The van der Waals surface area contributed by atoms with Gasteiger partial charge >= 0.3 is 0 Å². The van der Waals surface area contributed by atoms with Crippen molar-refractivity contribution in [3.63, 3.8) is 0 Å². The molecular weight excluding hydrogens is 386 g/mol. The molecule has 3 aromatic carbocycles. The number of benzene rings is 3. The van der Waals surface area contributed by atoms with Crippen LogP contribution in [0.5, 0.6) is 0 Å². The third-order valence-corrected chi connectivity index (χ3v) is 5.61. The number of anilines is 1.